The third-order valence-corrected chi connectivity index (χ3v) is 15.1. The van der Waals surface area contributed by atoms with E-state index in [-0.39, 0.29) is 54.5 Å². The number of hydrogen-bond acceptors (Lipinski definition) is 13. The van der Waals surface area contributed by atoms with Gasteiger partial charge >= 0.3 is 5.97 Å². The van der Waals surface area contributed by atoms with Gasteiger partial charge in [-0.25, -0.2) is 4.79 Å². The number of rotatable bonds is 5. The van der Waals surface area contributed by atoms with Crippen LogP contribution in [0.25, 0.3) is 0 Å². The average molecular weight is 900 g/mol. The zero-order valence-corrected chi connectivity index (χ0v) is 39.6. The van der Waals surface area contributed by atoms with Crippen LogP contribution in [0.4, 0.5) is 0 Å². The molecule has 4 N–H and O–H groups in total. The zero-order valence-electron chi connectivity index (χ0n) is 39.6. The van der Waals surface area contributed by atoms with E-state index < -0.39 is 84.0 Å². The Kier molecular flexibility index (Phi) is 18.7. The van der Waals surface area contributed by atoms with Gasteiger partial charge in [-0.1, -0.05) is 64.2 Å². The third kappa shape index (κ3) is 12.1. The molecular formula is C50H77NO13. The third-order valence-electron chi connectivity index (χ3n) is 15.1. The molecule has 0 aromatic rings. The number of nitrogens with zero attached hydrogens (tertiary/aromatic N) is 1. The Morgan fingerprint density at radius 3 is 2.27 bits per heavy atom. The lowest BCUT2D eigenvalue weighted by Crippen LogP contribution is -2.66. The number of esters is 1. The van der Waals surface area contributed by atoms with Crippen LogP contribution in [0.2, 0.25) is 0 Å². The fraction of sp³-hybridized carbons (Fsp3) is 0.760. The number of hydrogen-bond donors (Lipinski definition) is 4. The summed E-state index contributed by atoms with van der Waals surface area (Å²) in [6.45, 7) is 11.0. The van der Waals surface area contributed by atoms with Crippen molar-refractivity contribution in [3.05, 3.63) is 47.6 Å². The van der Waals surface area contributed by atoms with Gasteiger partial charge in [0.2, 0.25) is 5.79 Å². The van der Waals surface area contributed by atoms with Crippen molar-refractivity contribution in [1.29, 1.82) is 0 Å². The van der Waals surface area contributed by atoms with Gasteiger partial charge in [0.05, 0.1) is 24.4 Å². The Bertz CT molecular complexity index is 1740. The second-order valence-corrected chi connectivity index (χ2v) is 19.7. The molecule has 3 saturated heterocycles. The van der Waals surface area contributed by atoms with Gasteiger partial charge in [-0.05, 0) is 101 Å². The van der Waals surface area contributed by atoms with Crippen molar-refractivity contribution in [1.82, 2.24) is 4.90 Å². The van der Waals surface area contributed by atoms with E-state index >= 15 is 0 Å². The summed E-state index contributed by atoms with van der Waals surface area (Å²) >= 11 is 0. The predicted molar refractivity (Wildman–Crippen MR) is 239 cm³/mol. The van der Waals surface area contributed by atoms with Crippen molar-refractivity contribution >= 4 is 23.4 Å². The Balaban J connectivity index is 1.50. The topological polar surface area (TPSA) is 199 Å². The maximum Gasteiger partial charge on any atom is 0.329 e. The van der Waals surface area contributed by atoms with Gasteiger partial charge in [-0.3, -0.25) is 14.4 Å². The SMILES string of the molecule is CO[C@H]1C[C@@H]2CC[C@@H](C)[C@@](O)(O2)C(O)C(=O)N2CCCC3[C@H]2C(=O)O[C@@H](CC(=O)[C@H](C)/C=C(\C)[C@@H](O)[C@@H](OC)C(=O)[C@H](C)C[C@H](C)/C=C/C=C/C=C1C)[C@H]3C[C@@H]1CC[C@@H](O)[C@H](OC)C1. The molecule has 4 heterocycles. The molecule has 2 unspecified atom stereocenters. The highest BCUT2D eigenvalue weighted by atomic mass is 16.6. The highest BCUT2D eigenvalue weighted by Gasteiger charge is 2.57. The number of amides is 1. The van der Waals surface area contributed by atoms with E-state index in [0.29, 0.717) is 69.8 Å². The number of ether oxygens (including phenoxy) is 5. The second kappa shape index (κ2) is 23.1. The number of aliphatic hydroxyl groups excluding tert-OH is 3. The van der Waals surface area contributed by atoms with Crippen LogP contribution in [0, 0.1) is 41.4 Å². The lowest BCUT2D eigenvalue weighted by Gasteiger charge is -2.51. The molecule has 17 atom stereocenters. The van der Waals surface area contributed by atoms with E-state index in [9.17, 15) is 39.6 Å². The van der Waals surface area contributed by atoms with Gasteiger partial charge in [0.1, 0.15) is 30.1 Å². The average Bonchev–Trinajstić information content (AvgIpc) is 3.27. The van der Waals surface area contributed by atoms with Gasteiger partial charge in [-0.2, -0.15) is 0 Å². The first-order valence-electron chi connectivity index (χ1n) is 23.6. The first kappa shape index (κ1) is 51.9. The maximum absolute atomic E-state index is 14.5. The molecule has 0 aromatic heterocycles. The van der Waals surface area contributed by atoms with Crippen LogP contribution in [0.3, 0.4) is 0 Å². The Hall–Kier alpha value is -3.08. The van der Waals surface area contributed by atoms with E-state index in [1.165, 1.54) is 12.0 Å². The number of carbonyl (C=O) groups excluding carboxylic acids is 4. The molecule has 1 saturated carbocycles. The molecule has 6 bridgehead atoms. The minimum absolute atomic E-state index is 0.0302. The molecule has 64 heavy (non-hydrogen) atoms. The van der Waals surface area contributed by atoms with Crippen LogP contribution < -0.4 is 0 Å². The number of aliphatic hydroxyl groups is 4. The standard InChI is InChI=1S/C50H77NO13/c1-28-14-11-10-12-15-29(2)40(60-7)26-35-19-17-33(6)50(59,64-35)47(56)48(57)51-21-13-16-36-37(24-34-18-20-38(52)42(25-34)61-8)41(63-49(58)43(36)51)27-39(53)30(3)23-32(5)45(55)46(62-9)44(54)31(4)22-28/h10-12,14-15,23,28,30-31,33-38,40-43,45-47,52,55-56,59H,13,16-22,24-27H2,1-9H3/b12-10+,14-11+,29-15?,32-23+/t28-,30-,31-,33-,34+,35+,36?,37+,38-,40+,41+,42-,43+,45-,46+,47?,50-/m1/s1. The fourth-order valence-electron chi connectivity index (χ4n) is 11.1. The van der Waals surface area contributed by atoms with Gasteiger partial charge in [0, 0.05) is 64.4 Å². The van der Waals surface area contributed by atoms with Gasteiger partial charge in [0.15, 0.2) is 11.9 Å². The summed E-state index contributed by atoms with van der Waals surface area (Å²) in [5.41, 5.74) is 1.31. The number of piperidine rings is 1. The highest BCUT2D eigenvalue weighted by Crippen LogP contribution is 2.46. The Morgan fingerprint density at radius 1 is 0.844 bits per heavy atom. The van der Waals surface area contributed by atoms with E-state index in [1.54, 1.807) is 41.1 Å². The number of fused-ring (bicyclic) bond motifs is 3. The second-order valence-electron chi connectivity index (χ2n) is 19.7. The molecule has 1 amide bonds. The molecule has 0 radical (unpaired) electrons. The van der Waals surface area contributed by atoms with Gasteiger partial charge in [0.25, 0.3) is 5.91 Å². The molecule has 4 aliphatic heterocycles. The number of methoxy groups -OCH3 is 3. The van der Waals surface area contributed by atoms with Crippen LogP contribution in [0.1, 0.15) is 112 Å². The quantitative estimate of drug-likeness (QED) is 0.208. The van der Waals surface area contributed by atoms with Crippen molar-refractivity contribution in [3.8, 4) is 0 Å². The molecule has 0 aromatic carbocycles. The van der Waals surface area contributed by atoms with Gasteiger partial charge < -0.3 is 49.0 Å². The summed E-state index contributed by atoms with van der Waals surface area (Å²) in [5.74, 6) is -6.64. The maximum atomic E-state index is 14.5. The summed E-state index contributed by atoms with van der Waals surface area (Å²) in [6, 6.07) is -1.06. The first-order valence-corrected chi connectivity index (χ1v) is 23.6. The van der Waals surface area contributed by atoms with Crippen LogP contribution in [-0.4, -0.2) is 137 Å². The van der Waals surface area contributed by atoms with Crippen molar-refractivity contribution in [2.45, 2.75) is 173 Å². The Morgan fingerprint density at radius 2 is 1.58 bits per heavy atom. The van der Waals surface area contributed by atoms with Crippen molar-refractivity contribution in [2.24, 2.45) is 41.4 Å². The summed E-state index contributed by atoms with van der Waals surface area (Å²) < 4.78 is 29.6. The monoisotopic (exact) mass is 900 g/mol. The lowest BCUT2D eigenvalue weighted by atomic mass is 9.68. The fourth-order valence-corrected chi connectivity index (χ4v) is 11.1. The van der Waals surface area contributed by atoms with Crippen molar-refractivity contribution in [3.63, 3.8) is 0 Å². The number of allylic oxidation sites excluding steroid dienone is 6. The highest BCUT2D eigenvalue weighted by molar-refractivity contribution is 5.89. The van der Waals surface area contributed by atoms with Crippen LogP contribution in [-0.2, 0) is 42.9 Å². The molecule has 4 fully saturated rings. The summed E-state index contributed by atoms with van der Waals surface area (Å²) in [4.78, 5) is 58.0. The molecule has 5 aliphatic rings. The van der Waals surface area contributed by atoms with E-state index in [1.807, 2.05) is 51.2 Å². The predicted octanol–water partition coefficient (Wildman–Crippen LogP) is 5.19. The van der Waals surface area contributed by atoms with E-state index in [2.05, 4.69) is 0 Å². The first-order chi connectivity index (χ1) is 30.3. The molecular weight excluding hydrogens is 823 g/mol. The molecule has 0 spiro atoms. The summed E-state index contributed by atoms with van der Waals surface area (Å²) in [7, 11) is 4.56. The van der Waals surface area contributed by atoms with Crippen molar-refractivity contribution in [2.75, 3.05) is 27.9 Å². The molecule has 360 valence electrons. The molecule has 14 heteroatoms. The number of ketones is 2. The Labute approximate surface area is 380 Å². The minimum atomic E-state index is -2.24. The van der Waals surface area contributed by atoms with E-state index in [0.717, 1.165) is 5.57 Å². The largest absolute Gasteiger partial charge is 0.460 e. The summed E-state index contributed by atoms with van der Waals surface area (Å²) in [5, 5.41) is 46.0. The lowest BCUT2D eigenvalue weighted by molar-refractivity contribution is -0.317. The smallest absolute Gasteiger partial charge is 0.329 e. The van der Waals surface area contributed by atoms with Crippen LogP contribution in [0.15, 0.2) is 47.6 Å². The molecule has 1 aliphatic carbocycles. The van der Waals surface area contributed by atoms with Crippen LogP contribution in [0.5, 0.6) is 0 Å². The van der Waals surface area contributed by atoms with E-state index in [4.69, 9.17) is 23.7 Å². The summed E-state index contributed by atoms with van der Waals surface area (Å²) in [6.07, 6.45) is 9.33. The van der Waals surface area contributed by atoms with Crippen molar-refractivity contribution < 1.29 is 63.3 Å². The van der Waals surface area contributed by atoms with Crippen LogP contribution >= 0.6 is 0 Å². The number of carbonyl (C=O) groups is 4. The molecule has 5 rings (SSSR count). The normalized spacial score (nSPS) is 43.5. The minimum Gasteiger partial charge on any atom is -0.460 e. The number of Topliss-reactive ketones (excluding diaryl/α,β-unsaturated/α-hetero) is 2. The zero-order chi connectivity index (χ0) is 47.0. The molecule has 14 nitrogen and oxygen atoms in total. The van der Waals surface area contributed by atoms with Gasteiger partial charge in [-0.15, -0.1) is 0 Å².